The SMILES string of the molecule is Cc1ccc(C(=O)/C=C/c2cccc(/C=C/C(=O)c3ccc(C)o3)c2)o1. The molecule has 0 unspecified atom stereocenters. The lowest BCUT2D eigenvalue weighted by Crippen LogP contribution is -1.91. The van der Waals surface area contributed by atoms with E-state index in [0.717, 1.165) is 11.1 Å². The van der Waals surface area contributed by atoms with Crippen molar-refractivity contribution < 1.29 is 18.4 Å². The van der Waals surface area contributed by atoms with Gasteiger partial charge < -0.3 is 8.83 Å². The Morgan fingerprint density at radius 1 is 0.731 bits per heavy atom. The molecular weight excluding hydrogens is 328 g/mol. The van der Waals surface area contributed by atoms with Gasteiger partial charge in [0.2, 0.25) is 11.6 Å². The Morgan fingerprint density at radius 2 is 1.19 bits per heavy atom. The number of hydrogen-bond donors (Lipinski definition) is 0. The highest BCUT2D eigenvalue weighted by atomic mass is 16.4. The lowest BCUT2D eigenvalue weighted by Gasteiger charge is -1.97. The summed E-state index contributed by atoms with van der Waals surface area (Å²) in [6.07, 6.45) is 6.38. The lowest BCUT2D eigenvalue weighted by atomic mass is 10.1. The smallest absolute Gasteiger partial charge is 0.221 e. The maximum absolute atomic E-state index is 12.0. The minimum atomic E-state index is -0.192. The minimum Gasteiger partial charge on any atom is -0.458 e. The van der Waals surface area contributed by atoms with Crippen molar-refractivity contribution in [2.45, 2.75) is 13.8 Å². The molecule has 0 saturated heterocycles. The van der Waals surface area contributed by atoms with Crippen LogP contribution in [0.4, 0.5) is 0 Å². The largest absolute Gasteiger partial charge is 0.458 e. The number of furan rings is 2. The quantitative estimate of drug-likeness (QED) is 0.450. The average Bonchev–Trinajstić information content (AvgIpc) is 3.26. The van der Waals surface area contributed by atoms with Crippen molar-refractivity contribution in [1.29, 1.82) is 0 Å². The summed E-state index contributed by atoms with van der Waals surface area (Å²) < 4.78 is 10.6. The van der Waals surface area contributed by atoms with Crippen LogP contribution in [-0.2, 0) is 0 Å². The van der Waals surface area contributed by atoms with Gasteiger partial charge in [0.25, 0.3) is 0 Å². The van der Waals surface area contributed by atoms with Gasteiger partial charge in [0.15, 0.2) is 11.5 Å². The van der Waals surface area contributed by atoms with Crippen molar-refractivity contribution in [3.8, 4) is 0 Å². The van der Waals surface area contributed by atoms with E-state index in [9.17, 15) is 9.59 Å². The van der Waals surface area contributed by atoms with Crippen LogP contribution in [0.3, 0.4) is 0 Å². The van der Waals surface area contributed by atoms with E-state index in [-0.39, 0.29) is 11.6 Å². The minimum absolute atomic E-state index is 0.192. The van der Waals surface area contributed by atoms with Crippen LogP contribution in [0.25, 0.3) is 12.2 Å². The van der Waals surface area contributed by atoms with E-state index in [1.165, 1.54) is 12.2 Å². The molecule has 4 nitrogen and oxygen atoms in total. The molecule has 0 N–H and O–H groups in total. The number of benzene rings is 1. The van der Waals surface area contributed by atoms with Crippen molar-refractivity contribution in [2.24, 2.45) is 0 Å². The molecule has 1 aromatic carbocycles. The van der Waals surface area contributed by atoms with Gasteiger partial charge in [-0.2, -0.15) is 0 Å². The normalized spacial score (nSPS) is 11.5. The molecule has 0 aliphatic carbocycles. The fourth-order valence-corrected chi connectivity index (χ4v) is 2.41. The molecule has 0 amide bonds. The van der Waals surface area contributed by atoms with E-state index in [1.807, 2.05) is 24.3 Å². The van der Waals surface area contributed by atoms with Crippen molar-refractivity contribution in [2.75, 3.05) is 0 Å². The van der Waals surface area contributed by atoms with E-state index in [1.54, 1.807) is 50.3 Å². The first-order valence-electron chi connectivity index (χ1n) is 8.19. The second kappa shape index (κ2) is 7.66. The van der Waals surface area contributed by atoms with E-state index in [0.29, 0.717) is 23.0 Å². The first-order valence-corrected chi connectivity index (χ1v) is 8.19. The van der Waals surface area contributed by atoms with Crippen LogP contribution in [0.2, 0.25) is 0 Å². The molecule has 0 spiro atoms. The van der Waals surface area contributed by atoms with Gasteiger partial charge >= 0.3 is 0 Å². The monoisotopic (exact) mass is 346 g/mol. The Bertz CT molecular complexity index is 921. The average molecular weight is 346 g/mol. The summed E-state index contributed by atoms with van der Waals surface area (Å²) in [5.74, 6) is 1.64. The molecule has 3 rings (SSSR count). The molecular formula is C22H18O4. The number of allylic oxidation sites excluding steroid dienone is 2. The summed E-state index contributed by atoms with van der Waals surface area (Å²) >= 11 is 0. The van der Waals surface area contributed by atoms with Crippen LogP contribution in [0.5, 0.6) is 0 Å². The predicted octanol–water partition coefficient (Wildman–Crippen LogP) is 5.28. The molecule has 2 aromatic heterocycles. The molecule has 0 aliphatic rings. The molecule has 0 bridgehead atoms. The zero-order valence-electron chi connectivity index (χ0n) is 14.6. The highest BCUT2D eigenvalue weighted by Gasteiger charge is 2.07. The van der Waals surface area contributed by atoms with Gasteiger partial charge in [-0.15, -0.1) is 0 Å². The number of carbonyl (C=O) groups is 2. The van der Waals surface area contributed by atoms with E-state index >= 15 is 0 Å². The predicted molar refractivity (Wildman–Crippen MR) is 100 cm³/mol. The lowest BCUT2D eigenvalue weighted by molar-refractivity contribution is 0.101. The molecule has 3 aromatic rings. The standard InChI is InChI=1S/C22H18O4/c1-15-6-12-21(25-15)19(23)10-8-17-4-3-5-18(14-17)9-11-20(24)22-13-7-16(2)26-22/h3-14H,1-2H3/b10-8+,11-9+. The number of aryl methyl sites for hydroxylation is 2. The van der Waals surface area contributed by atoms with Gasteiger partial charge in [0, 0.05) is 0 Å². The third kappa shape index (κ3) is 4.36. The van der Waals surface area contributed by atoms with E-state index in [4.69, 9.17) is 8.83 Å². The Balaban J connectivity index is 1.69. The third-order valence-corrected chi connectivity index (χ3v) is 3.73. The van der Waals surface area contributed by atoms with Crippen LogP contribution >= 0.6 is 0 Å². The van der Waals surface area contributed by atoms with Crippen molar-refractivity contribution in [3.63, 3.8) is 0 Å². The van der Waals surface area contributed by atoms with Crippen LogP contribution in [-0.4, -0.2) is 11.6 Å². The second-order valence-corrected chi connectivity index (χ2v) is 5.89. The molecule has 26 heavy (non-hydrogen) atoms. The fraction of sp³-hybridized carbons (Fsp3) is 0.0909. The van der Waals surface area contributed by atoms with E-state index in [2.05, 4.69) is 0 Å². The Hall–Kier alpha value is -3.40. The summed E-state index contributed by atoms with van der Waals surface area (Å²) in [5.41, 5.74) is 1.70. The highest BCUT2D eigenvalue weighted by Crippen LogP contribution is 2.13. The Kier molecular flexibility index (Phi) is 5.13. The highest BCUT2D eigenvalue weighted by molar-refractivity contribution is 6.05. The maximum atomic E-state index is 12.0. The zero-order valence-corrected chi connectivity index (χ0v) is 14.6. The van der Waals surface area contributed by atoms with Gasteiger partial charge in [-0.25, -0.2) is 0 Å². The zero-order chi connectivity index (χ0) is 18.5. The van der Waals surface area contributed by atoms with Gasteiger partial charge in [0.05, 0.1) is 0 Å². The first-order chi connectivity index (χ1) is 12.5. The van der Waals surface area contributed by atoms with Gasteiger partial charge in [0.1, 0.15) is 11.5 Å². The van der Waals surface area contributed by atoms with Crippen molar-refractivity contribution in [1.82, 2.24) is 0 Å². The summed E-state index contributed by atoms with van der Waals surface area (Å²) in [6.45, 7) is 3.59. The summed E-state index contributed by atoms with van der Waals surface area (Å²) in [6, 6.07) is 14.3. The fourth-order valence-electron chi connectivity index (χ4n) is 2.41. The van der Waals surface area contributed by atoms with Crippen LogP contribution < -0.4 is 0 Å². The van der Waals surface area contributed by atoms with Gasteiger partial charge in [-0.05, 0) is 67.5 Å². The van der Waals surface area contributed by atoms with Crippen LogP contribution in [0, 0.1) is 13.8 Å². The van der Waals surface area contributed by atoms with Crippen molar-refractivity contribution in [3.05, 3.63) is 94.9 Å². The molecule has 130 valence electrons. The first kappa shape index (κ1) is 17.4. The van der Waals surface area contributed by atoms with Crippen LogP contribution in [0.1, 0.15) is 43.8 Å². The Morgan fingerprint density at radius 3 is 1.58 bits per heavy atom. The summed E-state index contributed by atoms with van der Waals surface area (Å²) in [7, 11) is 0. The van der Waals surface area contributed by atoms with Gasteiger partial charge in [-0.1, -0.05) is 30.4 Å². The number of ketones is 2. The number of hydrogen-bond acceptors (Lipinski definition) is 4. The second-order valence-electron chi connectivity index (χ2n) is 5.89. The number of carbonyl (C=O) groups excluding carboxylic acids is 2. The molecule has 0 radical (unpaired) electrons. The van der Waals surface area contributed by atoms with Gasteiger partial charge in [-0.3, -0.25) is 9.59 Å². The molecule has 4 heteroatoms. The molecule has 0 aliphatic heterocycles. The van der Waals surface area contributed by atoms with Crippen molar-refractivity contribution >= 4 is 23.7 Å². The molecule has 2 heterocycles. The summed E-state index contributed by atoms with van der Waals surface area (Å²) in [5, 5.41) is 0. The molecule has 0 atom stereocenters. The number of rotatable bonds is 6. The third-order valence-electron chi connectivity index (χ3n) is 3.73. The molecule has 0 fully saturated rings. The van der Waals surface area contributed by atoms with Crippen LogP contribution in [0.15, 0.2) is 69.5 Å². The summed E-state index contributed by atoms with van der Waals surface area (Å²) in [4.78, 5) is 24.1. The maximum Gasteiger partial charge on any atom is 0.221 e. The van der Waals surface area contributed by atoms with E-state index < -0.39 is 0 Å². The Labute approximate surface area is 151 Å². The topological polar surface area (TPSA) is 60.4 Å². The molecule has 0 saturated carbocycles.